The zero-order chi connectivity index (χ0) is 13.8. The quantitative estimate of drug-likeness (QED) is 0.901. The second kappa shape index (κ2) is 5.97. The number of hydrogen-bond acceptors (Lipinski definition) is 4. The minimum absolute atomic E-state index is 0.367. The molecule has 19 heavy (non-hydrogen) atoms. The fourth-order valence-electron chi connectivity index (χ4n) is 2.01. The Morgan fingerprint density at radius 2 is 2.21 bits per heavy atom. The molecule has 4 nitrogen and oxygen atoms in total. The average molecular weight is 281 g/mol. The van der Waals surface area contributed by atoms with Crippen molar-refractivity contribution in [1.82, 2.24) is 5.16 Å². The zero-order valence-electron chi connectivity index (χ0n) is 11.1. The van der Waals surface area contributed by atoms with Crippen LogP contribution in [0.4, 0.5) is 5.82 Å². The van der Waals surface area contributed by atoms with Crippen molar-refractivity contribution in [2.75, 3.05) is 12.8 Å². The number of halogens is 1. The Kier molecular flexibility index (Phi) is 4.32. The molecule has 0 aliphatic rings. The van der Waals surface area contributed by atoms with Crippen molar-refractivity contribution in [3.8, 4) is 16.9 Å². The second-order valence-corrected chi connectivity index (χ2v) is 4.75. The maximum atomic E-state index is 6.05. The second-order valence-electron chi connectivity index (χ2n) is 4.31. The lowest BCUT2D eigenvalue weighted by Gasteiger charge is -2.09. The van der Waals surface area contributed by atoms with E-state index in [2.05, 4.69) is 12.1 Å². The molecule has 102 valence electrons. The van der Waals surface area contributed by atoms with Gasteiger partial charge in [-0.3, -0.25) is 0 Å². The van der Waals surface area contributed by atoms with Crippen molar-refractivity contribution >= 4 is 17.4 Å². The summed E-state index contributed by atoms with van der Waals surface area (Å²) in [5.41, 5.74) is 7.52. The van der Waals surface area contributed by atoms with E-state index in [0.717, 1.165) is 36.1 Å². The molecule has 0 fully saturated rings. The first-order valence-corrected chi connectivity index (χ1v) is 6.63. The molecule has 0 saturated heterocycles. The van der Waals surface area contributed by atoms with Crippen LogP contribution in [0.5, 0.6) is 5.75 Å². The van der Waals surface area contributed by atoms with Gasteiger partial charge in [0.1, 0.15) is 11.5 Å². The molecule has 1 aromatic heterocycles. The predicted octanol–water partition coefficient (Wildman–Crippen LogP) is 3.93. The molecule has 0 unspecified atom stereocenters. The van der Waals surface area contributed by atoms with Crippen LogP contribution in [0.25, 0.3) is 11.1 Å². The molecular weight excluding hydrogens is 264 g/mol. The van der Waals surface area contributed by atoms with Gasteiger partial charge in [-0.2, -0.15) is 0 Å². The molecule has 0 aliphatic carbocycles. The van der Waals surface area contributed by atoms with Crippen LogP contribution in [0.15, 0.2) is 22.7 Å². The lowest BCUT2D eigenvalue weighted by molar-refractivity contribution is 0.383. The molecule has 0 amide bonds. The zero-order valence-corrected chi connectivity index (χ0v) is 11.8. The van der Waals surface area contributed by atoms with Crippen LogP contribution in [0.3, 0.4) is 0 Å². The number of ether oxygens (including phenoxy) is 1. The number of methoxy groups -OCH3 is 1. The summed E-state index contributed by atoms with van der Waals surface area (Å²) >= 11 is 6.05. The normalized spacial score (nSPS) is 10.7. The van der Waals surface area contributed by atoms with Crippen LogP contribution in [-0.2, 0) is 6.42 Å². The smallest absolute Gasteiger partial charge is 0.175 e. The number of aryl methyl sites for hydroxylation is 1. The molecule has 2 rings (SSSR count). The van der Waals surface area contributed by atoms with E-state index in [1.54, 1.807) is 13.2 Å². The van der Waals surface area contributed by atoms with Crippen LogP contribution in [0.2, 0.25) is 5.02 Å². The van der Waals surface area contributed by atoms with Gasteiger partial charge in [0.25, 0.3) is 0 Å². The highest BCUT2D eigenvalue weighted by molar-refractivity contribution is 6.31. The van der Waals surface area contributed by atoms with Gasteiger partial charge in [-0.25, -0.2) is 0 Å². The third-order valence-corrected chi connectivity index (χ3v) is 3.21. The van der Waals surface area contributed by atoms with Gasteiger partial charge in [-0.1, -0.05) is 30.1 Å². The maximum absolute atomic E-state index is 6.05. The third kappa shape index (κ3) is 2.84. The molecule has 1 heterocycles. The van der Waals surface area contributed by atoms with Gasteiger partial charge in [0, 0.05) is 17.0 Å². The highest BCUT2D eigenvalue weighted by atomic mass is 35.5. The van der Waals surface area contributed by atoms with Crippen molar-refractivity contribution in [1.29, 1.82) is 0 Å². The summed E-state index contributed by atoms with van der Waals surface area (Å²) in [6.07, 6.45) is 2.89. The molecule has 1 aromatic carbocycles. The number of hydrogen-bond donors (Lipinski definition) is 1. The van der Waals surface area contributed by atoms with Gasteiger partial charge in [-0.05, 0) is 24.6 Å². The van der Waals surface area contributed by atoms with E-state index in [-0.39, 0.29) is 0 Å². The molecule has 0 radical (unpaired) electrons. The summed E-state index contributed by atoms with van der Waals surface area (Å²) in [5.74, 6) is 1.85. The van der Waals surface area contributed by atoms with Crippen molar-refractivity contribution in [3.05, 3.63) is 29.0 Å². The maximum Gasteiger partial charge on any atom is 0.175 e. The van der Waals surface area contributed by atoms with Crippen LogP contribution in [-0.4, -0.2) is 12.3 Å². The first-order chi connectivity index (χ1) is 9.17. The summed E-state index contributed by atoms with van der Waals surface area (Å²) in [5, 5.41) is 4.48. The molecule has 0 spiro atoms. The molecule has 0 saturated carbocycles. The van der Waals surface area contributed by atoms with Crippen molar-refractivity contribution < 1.29 is 9.26 Å². The Morgan fingerprint density at radius 3 is 2.89 bits per heavy atom. The fourth-order valence-corrected chi connectivity index (χ4v) is 2.18. The molecule has 0 aliphatic heterocycles. The van der Waals surface area contributed by atoms with Crippen molar-refractivity contribution in [2.24, 2.45) is 0 Å². The van der Waals surface area contributed by atoms with E-state index >= 15 is 0 Å². The molecule has 0 atom stereocenters. The minimum atomic E-state index is 0.367. The highest BCUT2D eigenvalue weighted by Crippen LogP contribution is 2.38. The molecule has 2 N–H and O–H groups in total. The lowest BCUT2D eigenvalue weighted by Crippen LogP contribution is -1.94. The Morgan fingerprint density at radius 1 is 1.42 bits per heavy atom. The van der Waals surface area contributed by atoms with E-state index in [1.165, 1.54) is 0 Å². The van der Waals surface area contributed by atoms with E-state index < -0.39 is 0 Å². The molecule has 0 bridgehead atoms. The number of benzene rings is 1. The summed E-state index contributed by atoms with van der Waals surface area (Å²) in [4.78, 5) is 0. The van der Waals surface area contributed by atoms with Crippen LogP contribution >= 0.6 is 11.6 Å². The standard InChI is InChI=1S/C14H17ClN2O2/c1-3-4-5-12-13(14(16)17-19-12)10-8-9(15)6-7-11(10)18-2/h6-8H,3-5H2,1-2H3,(H2,16,17). The van der Waals surface area contributed by atoms with E-state index in [1.807, 2.05) is 12.1 Å². The minimum Gasteiger partial charge on any atom is -0.496 e. The monoisotopic (exact) mass is 280 g/mol. The van der Waals surface area contributed by atoms with E-state index in [4.69, 9.17) is 26.6 Å². The number of unbranched alkanes of at least 4 members (excludes halogenated alkanes) is 1. The van der Waals surface area contributed by atoms with Crippen molar-refractivity contribution in [3.63, 3.8) is 0 Å². The number of nitrogens with zero attached hydrogens (tertiary/aromatic N) is 1. The molecule has 5 heteroatoms. The number of nitrogen functional groups attached to an aromatic ring is 1. The largest absolute Gasteiger partial charge is 0.496 e. The first kappa shape index (κ1) is 13.7. The van der Waals surface area contributed by atoms with Gasteiger partial charge < -0.3 is 15.0 Å². The Hall–Kier alpha value is -1.68. The number of rotatable bonds is 5. The summed E-state index contributed by atoms with van der Waals surface area (Å²) < 4.78 is 10.7. The van der Waals surface area contributed by atoms with Gasteiger partial charge >= 0.3 is 0 Å². The van der Waals surface area contributed by atoms with Gasteiger partial charge in [-0.15, -0.1) is 0 Å². The van der Waals surface area contributed by atoms with Crippen LogP contribution in [0, 0.1) is 0 Å². The van der Waals surface area contributed by atoms with Gasteiger partial charge in [0.05, 0.1) is 12.7 Å². The van der Waals surface area contributed by atoms with Crippen molar-refractivity contribution in [2.45, 2.75) is 26.2 Å². The molecular formula is C14H17ClN2O2. The Bertz CT molecular complexity index is 567. The lowest BCUT2D eigenvalue weighted by atomic mass is 10.0. The number of anilines is 1. The number of nitrogens with two attached hydrogens (primary N) is 1. The van der Waals surface area contributed by atoms with E-state index in [9.17, 15) is 0 Å². The van der Waals surface area contributed by atoms with Crippen LogP contribution < -0.4 is 10.5 Å². The van der Waals surface area contributed by atoms with E-state index in [0.29, 0.717) is 16.6 Å². The summed E-state index contributed by atoms with van der Waals surface area (Å²) in [6.45, 7) is 2.12. The SMILES string of the molecule is CCCCc1onc(N)c1-c1cc(Cl)ccc1OC. The Labute approximate surface area is 117 Å². The molecule has 2 aromatic rings. The fraction of sp³-hybridized carbons (Fsp3) is 0.357. The highest BCUT2D eigenvalue weighted by Gasteiger charge is 2.19. The first-order valence-electron chi connectivity index (χ1n) is 6.25. The van der Waals surface area contributed by atoms with Gasteiger partial charge in [0.15, 0.2) is 5.82 Å². The van der Waals surface area contributed by atoms with Crippen LogP contribution in [0.1, 0.15) is 25.5 Å². The number of aromatic nitrogens is 1. The Balaban J connectivity index is 2.51. The summed E-state index contributed by atoms with van der Waals surface area (Å²) in [7, 11) is 1.61. The topological polar surface area (TPSA) is 61.3 Å². The predicted molar refractivity (Wildman–Crippen MR) is 76.5 cm³/mol. The van der Waals surface area contributed by atoms with Gasteiger partial charge in [0.2, 0.25) is 0 Å². The third-order valence-electron chi connectivity index (χ3n) is 2.98. The summed E-state index contributed by atoms with van der Waals surface area (Å²) in [6, 6.07) is 5.41. The average Bonchev–Trinajstić information content (AvgIpc) is 2.77.